The van der Waals surface area contributed by atoms with E-state index in [2.05, 4.69) is 15.5 Å². The van der Waals surface area contributed by atoms with E-state index in [1.165, 1.54) is 4.90 Å². The third-order valence-electron chi connectivity index (χ3n) is 2.03. The van der Waals surface area contributed by atoms with Gasteiger partial charge in [0.1, 0.15) is 6.54 Å². The van der Waals surface area contributed by atoms with E-state index in [1.54, 1.807) is 7.05 Å². The van der Waals surface area contributed by atoms with Crippen molar-refractivity contribution in [2.45, 2.75) is 19.9 Å². The Bertz CT molecular complexity index is 351. The van der Waals surface area contributed by atoms with Gasteiger partial charge in [-0.1, -0.05) is 12.0 Å². The quantitative estimate of drug-likeness (QED) is 0.690. The number of carbonyl (C=O) groups excluding carboxylic acids is 1. The molecule has 1 aromatic rings. The van der Waals surface area contributed by atoms with Crippen LogP contribution in [-0.4, -0.2) is 36.2 Å². The van der Waals surface area contributed by atoms with Crippen molar-refractivity contribution in [2.75, 3.05) is 25.0 Å². The largest absolute Gasteiger partial charge is 0.406 e. The van der Waals surface area contributed by atoms with E-state index in [1.807, 2.05) is 13.8 Å². The minimum absolute atomic E-state index is 0.00627. The molecular formula is C9H17N5O2. The van der Waals surface area contributed by atoms with E-state index in [-0.39, 0.29) is 12.6 Å². The Balaban J connectivity index is 2.66. The Kier molecular flexibility index (Phi) is 4.24. The Morgan fingerprint density at radius 3 is 2.88 bits per heavy atom. The second-order valence-electron chi connectivity index (χ2n) is 3.52. The summed E-state index contributed by atoms with van der Waals surface area (Å²) in [7, 11) is 1.67. The number of aromatic nitrogens is 2. The third kappa shape index (κ3) is 3.20. The summed E-state index contributed by atoms with van der Waals surface area (Å²) in [6, 6.07) is 0.284. The number of nitrogens with two attached hydrogens (primary N) is 1. The van der Waals surface area contributed by atoms with E-state index in [0.29, 0.717) is 11.9 Å². The second-order valence-corrected chi connectivity index (χ2v) is 3.52. The number of nitrogens with one attached hydrogen (secondary N) is 1. The van der Waals surface area contributed by atoms with Gasteiger partial charge in [0.05, 0.1) is 6.04 Å². The molecule has 0 aliphatic heterocycles. The summed E-state index contributed by atoms with van der Waals surface area (Å²) in [5.74, 6) is 0.0511. The van der Waals surface area contributed by atoms with Crippen LogP contribution in [0.15, 0.2) is 4.42 Å². The predicted molar refractivity (Wildman–Crippen MR) is 58.9 cm³/mol. The van der Waals surface area contributed by atoms with Gasteiger partial charge in [-0.3, -0.25) is 4.79 Å². The monoisotopic (exact) mass is 227 g/mol. The first-order valence-electron chi connectivity index (χ1n) is 5.10. The first-order chi connectivity index (χ1) is 7.54. The van der Waals surface area contributed by atoms with Crippen LogP contribution in [0.2, 0.25) is 0 Å². The Morgan fingerprint density at radius 2 is 2.31 bits per heavy atom. The first kappa shape index (κ1) is 12.4. The van der Waals surface area contributed by atoms with Gasteiger partial charge in [0.25, 0.3) is 0 Å². The molecule has 0 radical (unpaired) electrons. The van der Waals surface area contributed by atoms with E-state index < -0.39 is 5.91 Å². The Labute approximate surface area is 94.0 Å². The number of primary amides is 1. The fourth-order valence-electron chi connectivity index (χ4n) is 1.25. The molecule has 3 N–H and O–H groups in total. The Hall–Kier alpha value is -1.63. The average molecular weight is 227 g/mol. The van der Waals surface area contributed by atoms with Crippen molar-refractivity contribution in [3.63, 3.8) is 0 Å². The molecule has 1 heterocycles. The molecule has 7 nitrogen and oxygen atoms in total. The molecule has 0 aromatic carbocycles. The molecule has 0 spiro atoms. The third-order valence-corrected chi connectivity index (χ3v) is 2.03. The number of hydrogen-bond donors (Lipinski definition) is 2. The van der Waals surface area contributed by atoms with Crippen LogP contribution in [0.4, 0.5) is 6.01 Å². The summed E-state index contributed by atoms with van der Waals surface area (Å²) in [6.07, 6.45) is 0. The lowest BCUT2D eigenvalue weighted by Gasteiger charge is -2.11. The maximum absolute atomic E-state index is 10.7. The van der Waals surface area contributed by atoms with Crippen LogP contribution in [0.1, 0.15) is 25.8 Å². The van der Waals surface area contributed by atoms with Gasteiger partial charge in [0.2, 0.25) is 11.8 Å². The van der Waals surface area contributed by atoms with Gasteiger partial charge < -0.3 is 20.4 Å². The second kappa shape index (κ2) is 5.45. The number of anilines is 1. The number of rotatable bonds is 6. The van der Waals surface area contributed by atoms with Crippen molar-refractivity contribution in [3.8, 4) is 0 Å². The summed E-state index contributed by atoms with van der Waals surface area (Å²) >= 11 is 0. The van der Waals surface area contributed by atoms with Gasteiger partial charge in [-0.15, -0.1) is 5.10 Å². The van der Waals surface area contributed by atoms with Gasteiger partial charge in [-0.2, -0.15) is 0 Å². The first-order valence-corrected chi connectivity index (χ1v) is 5.10. The maximum atomic E-state index is 10.7. The van der Waals surface area contributed by atoms with Crippen molar-refractivity contribution >= 4 is 11.9 Å². The summed E-state index contributed by atoms with van der Waals surface area (Å²) in [5, 5.41) is 10.9. The number of likely N-dealkylation sites (N-methyl/N-ethyl adjacent to an activating group) is 1. The molecule has 1 rings (SSSR count). The fraction of sp³-hybridized carbons (Fsp3) is 0.667. The highest BCUT2D eigenvalue weighted by Crippen LogP contribution is 2.15. The minimum Gasteiger partial charge on any atom is -0.406 e. The molecule has 90 valence electrons. The van der Waals surface area contributed by atoms with Crippen molar-refractivity contribution in [3.05, 3.63) is 5.89 Å². The lowest BCUT2D eigenvalue weighted by molar-refractivity contribution is -0.116. The van der Waals surface area contributed by atoms with Crippen LogP contribution in [0, 0.1) is 0 Å². The molecule has 7 heteroatoms. The maximum Gasteiger partial charge on any atom is 0.318 e. The lowest BCUT2D eigenvalue weighted by Crippen LogP contribution is -2.30. The zero-order valence-electron chi connectivity index (χ0n) is 9.73. The number of nitrogens with zero attached hydrogens (tertiary/aromatic N) is 3. The molecular weight excluding hydrogens is 210 g/mol. The van der Waals surface area contributed by atoms with E-state index in [0.717, 1.165) is 6.54 Å². The lowest BCUT2D eigenvalue weighted by atomic mass is 10.3. The topological polar surface area (TPSA) is 97.3 Å². The fourth-order valence-corrected chi connectivity index (χ4v) is 1.25. The molecule has 0 saturated heterocycles. The van der Waals surface area contributed by atoms with Crippen molar-refractivity contribution in [1.29, 1.82) is 0 Å². The molecule has 1 aromatic heterocycles. The van der Waals surface area contributed by atoms with E-state index in [4.69, 9.17) is 10.2 Å². The number of hydrogen-bond acceptors (Lipinski definition) is 6. The summed E-state index contributed by atoms with van der Waals surface area (Å²) in [5.41, 5.74) is 5.06. The zero-order chi connectivity index (χ0) is 12.1. The standard InChI is InChI=1S/C9H17N5O2/c1-4-11-6(2)8-12-13-9(16-8)14(3)5-7(10)15/h6,11H,4-5H2,1-3H3,(H2,10,15). The number of amides is 1. The van der Waals surface area contributed by atoms with Gasteiger partial charge in [-0.25, -0.2) is 0 Å². The van der Waals surface area contributed by atoms with Gasteiger partial charge >= 0.3 is 6.01 Å². The molecule has 16 heavy (non-hydrogen) atoms. The SMILES string of the molecule is CCNC(C)c1nnc(N(C)CC(N)=O)o1. The van der Waals surface area contributed by atoms with Crippen molar-refractivity contribution < 1.29 is 9.21 Å². The van der Waals surface area contributed by atoms with Crippen LogP contribution in [-0.2, 0) is 4.79 Å². The van der Waals surface area contributed by atoms with Crippen LogP contribution in [0.5, 0.6) is 0 Å². The van der Waals surface area contributed by atoms with Crippen molar-refractivity contribution in [2.24, 2.45) is 5.73 Å². The normalized spacial score (nSPS) is 12.4. The molecule has 0 fully saturated rings. The molecule has 0 aliphatic carbocycles. The molecule has 0 aliphatic rings. The van der Waals surface area contributed by atoms with Gasteiger partial charge in [-0.05, 0) is 13.5 Å². The molecule has 0 saturated carbocycles. The molecule has 1 amide bonds. The molecule has 1 unspecified atom stereocenters. The van der Waals surface area contributed by atoms with Crippen LogP contribution < -0.4 is 16.0 Å². The minimum atomic E-state index is -0.443. The predicted octanol–water partition coefficient (Wildman–Crippen LogP) is -0.338. The average Bonchev–Trinajstić information content (AvgIpc) is 2.65. The van der Waals surface area contributed by atoms with E-state index >= 15 is 0 Å². The van der Waals surface area contributed by atoms with E-state index in [9.17, 15) is 4.79 Å². The highest BCUT2D eigenvalue weighted by Gasteiger charge is 2.16. The summed E-state index contributed by atoms with van der Waals surface area (Å²) < 4.78 is 5.39. The number of carbonyl (C=O) groups is 1. The van der Waals surface area contributed by atoms with Crippen LogP contribution >= 0.6 is 0 Å². The molecule has 1 atom stereocenters. The zero-order valence-corrected chi connectivity index (χ0v) is 9.73. The van der Waals surface area contributed by atoms with Crippen molar-refractivity contribution in [1.82, 2.24) is 15.5 Å². The molecule has 0 bridgehead atoms. The van der Waals surface area contributed by atoms with Crippen LogP contribution in [0.3, 0.4) is 0 Å². The Morgan fingerprint density at radius 1 is 1.62 bits per heavy atom. The highest BCUT2D eigenvalue weighted by molar-refractivity contribution is 5.78. The summed E-state index contributed by atoms with van der Waals surface area (Å²) in [6.45, 7) is 4.79. The highest BCUT2D eigenvalue weighted by atomic mass is 16.4. The van der Waals surface area contributed by atoms with Gasteiger partial charge in [0, 0.05) is 7.05 Å². The summed E-state index contributed by atoms with van der Waals surface area (Å²) in [4.78, 5) is 12.2. The van der Waals surface area contributed by atoms with Gasteiger partial charge in [0.15, 0.2) is 0 Å². The smallest absolute Gasteiger partial charge is 0.318 e. The van der Waals surface area contributed by atoms with Crippen LogP contribution in [0.25, 0.3) is 0 Å².